The SMILES string of the molecule is CC(CC(=O)O)NC(=O)c1ccc(S(=O)(=O)C(C)C)cc1. The second-order valence-corrected chi connectivity index (χ2v) is 7.59. The summed E-state index contributed by atoms with van der Waals surface area (Å²) in [6.07, 6.45) is -0.175. The van der Waals surface area contributed by atoms with Crippen LogP contribution >= 0.6 is 0 Å². The first-order chi connectivity index (χ1) is 9.64. The maximum absolute atomic E-state index is 11.9. The summed E-state index contributed by atoms with van der Waals surface area (Å²) in [6, 6.07) is 5.09. The van der Waals surface area contributed by atoms with Crippen LogP contribution in [0.15, 0.2) is 29.2 Å². The first kappa shape index (κ1) is 17.2. The third kappa shape index (κ3) is 4.56. The molecular formula is C14H19NO5S. The summed E-state index contributed by atoms with van der Waals surface area (Å²) < 4.78 is 23.9. The van der Waals surface area contributed by atoms with E-state index in [0.29, 0.717) is 0 Å². The quantitative estimate of drug-likeness (QED) is 0.828. The van der Waals surface area contributed by atoms with Gasteiger partial charge in [-0.1, -0.05) is 0 Å². The van der Waals surface area contributed by atoms with Crippen molar-refractivity contribution in [2.24, 2.45) is 0 Å². The summed E-state index contributed by atoms with van der Waals surface area (Å²) in [6.45, 7) is 4.76. The smallest absolute Gasteiger partial charge is 0.305 e. The summed E-state index contributed by atoms with van der Waals surface area (Å²) in [4.78, 5) is 22.6. The largest absolute Gasteiger partial charge is 0.481 e. The topological polar surface area (TPSA) is 101 Å². The number of carboxylic acids is 1. The van der Waals surface area contributed by atoms with Crippen molar-refractivity contribution in [3.63, 3.8) is 0 Å². The predicted octanol–water partition coefficient (Wildman–Crippen LogP) is 1.46. The number of rotatable bonds is 6. The number of amides is 1. The van der Waals surface area contributed by atoms with E-state index in [1.54, 1.807) is 20.8 Å². The second-order valence-electron chi connectivity index (χ2n) is 5.09. The number of benzene rings is 1. The minimum absolute atomic E-state index is 0.160. The minimum atomic E-state index is -3.37. The van der Waals surface area contributed by atoms with Crippen LogP contribution in [0.25, 0.3) is 0 Å². The molecule has 0 aliphatic rings. The Bertz CT molecular complexity index is 619. The molecule has 0 saturated heterocycles. The van der Waals surface area contributed by atoms with Crippen LogP contribution in [0.5, 0.6) is 0 Å². The molecule has 0 bridgehead atoms. The van der Waals surface area contributed by atoms with Crippen molar-refractivity contribution in [2.75, 3.05) is 0 Å². The lowest BCUT2D eigenvalue weighted by Gasteiger charge is -2.12. The highest BCUT2D eigenvalue weighted by molar-refractivity contribution is 7.92. The van der Waals surface area contributed by atoms with E-state index in [-0.39, 0.29) is 16.9 Å². The van der Waals surface area contributed by atoms with Gasteiger partial charge in [-0.2, -0.15) is 0 Å². The fourth-order valence-corrected chi connectivity index (χ4v) is 2.75. The molecule has 0 heterocycles. The van der Waals surface area contributed by atoms with E-state index in [1.807, 2.05) is 0 Å². The van der Waals surface area contributed by atoms with Crippen LogP contribution in [0.2, 0.25) is 0 Å². The molecule has 1 aromatic rings. The average Bonchev–Trinajstić information content (AvgIpc) is 2.37. The van der Waals surface area contributed by atoms with Crippen LogP contribution in [0.1, 0.15) is 37.6 Å². The second kappa shape index (κ2) is 6.71. The zero-order valence-electron chi connectivity index (χ0n) is 12.2. The van der Waals surface area contributed by atoms with Gasteiger partial charge in [-0.15, -0.1) is 0 Å². The Morgan fingerprint density at radius 2 is 1.67 bits per heavy atom. The van der Waals surface area contributed by atoms with E-state index in [1.165, 1.54) is 24.3 Å². The first-order valence-corrected chi connectivity index (χ1v) is 8.06. The van der Waals surface area contributed by atoms with Gasteiger partial charge in [0.25, 0.3) is 5.91 Å². The number of carbonyl (C=O) groups is 2. The van der Waals surface area contributed by atoms with Gasteiger partial charge in [0.1, 0.15) is 0 Å². The Morgan fingerprint density at radius 3 is 2.10 bits per heavy atom. The molecule has 0 spiro atoms. The van der Waals surface area contributed by atoms with E-state index in [9.17, 15) is 18.0 Å². The summed E-state index contributed by atoms with van der Waals surface area (Å²) in [5, 5.41) is 10.6. The fraction of sp³-hybridized carbons (Fsp3) is 0.429. The van der Waals surface area contributed by atoms with Crippen LogP contribution in [-0.4, -0.2) is 36.7 Å². The molecule has 7 heteroatoms. The van der Waals surface area contributed by atoms with Gasteiger partial charge in [0, 0.05) is 11.6 Å². The van der Waals surface area contributed by atoms with E-state index < -0.39 is 33.0 Å². The number of sulfone groups is 1. The van der Waals surface area contributed by atoms with Crippen molar-refractivity contribution < 1.29 is 23.1 Å². The van der Waals surface area contributed by atoms with Crippen molar-refractivity contribution in [3.8, 4) is 0 Å². The molecule has 0 aliphatic heterocycles. The lowest BCUT2D eigenvalue weighted by molar-refractivity contribution is -0.137. The molecule has 1 amide bonds. The molecule has 21 heavy (non-hydrogen) atoms. The number of aliphatic carboxylic acids is 1. The number of hydrogen-bond donors (Lipinski definition) is 2. The molecule has 116 valence electrons. The molecular weight excluding hydrogens is 294 g/mol. The Balaban J connectivity index is 2.83. The number of nitrogens with one attached hydrogen (secondary N) is 1. The summed E-state index contributed by atoms with van der Waals surface area (Å²) in [5.41, 5.74) is 0.287. The van der Waals surface area contributed by atoms with E-state index in [0.717, 1.165) is 0 Å². The van der Waals surface area contributed by atoms with E-state index in [2.05, 4.69) is 5.32 Å². The summed E-state index contributed by atoms with van der Waals surface area (Å²) >= 11 is 0. The fourth-order valence-electron chi connectivity index (χ4n) is 1.69. The highest BCUT2D eigenvalue weighted by atomic mass is 32.2. The molecule has 0 fully saturated rings. The Labute approximate surface area is 124 Å². The van der Waals surface area contributed by atoms with Gasteiger partial charge in [0.05, 0.1) is 16.6 Å². The van der Waals surface area contributed by atoms with Gasteiger partial charge in [-0.25, -0.2) is 8.42 Å². The molecule has 1 unspecified atom stereocenters. The Morgan fingerprint density at radius 1 is 1.14 bits per heavy atom. The van der Waals surface area contributed by atoms with Crippen molar-refractivity contribution in [2.45, 2.75) is 43.4 Å². The molecule has 0 aromatic heterocycles. The average molecular weight is 313 g/mol. The Kier molecular flexibility index (Phi) is 5.48. The molecule has 1 aromatic carbocycles. The Hall–Kier alpha value is -1.89. The molecule has 0 aliphatic carbocycles. The van der Waals surface area contributed by atoms with Crippen LogP contribution in [0, 0.1) is 0 Å². The molecule has 1 rings (SSSR count). The van der Waals surface area contributed by atoms with E-state index in [4.69, 9.17) is 5.11 Å². The molecule has 6 nitrogen and oxygen atoms in total. The van der Waals surface area contributed by atoms with Gasteiger partial charge in [0.15, 0.2) is 9.84 Å². The zero-order chi connectivity index (χ0) is 16.2. The van der Waals surface area contributed by atoms with Gasteiger partial charge in [0.2, 0.25) is 0 Å². The maximum atomic E-state index is 11.9. The molecule has 2 N–H and O–H groups in total. The van der Waals surface area contributed by atoms with Crippen LogP contribution in [0.3, 0.4) is 0 Å². The molecule has 0 saturated carbocycles. The molecule has 1 atom stereocenters. The normalized spacial score (nSPS) is 13.0. The van der Waals surface area contributed by atoms with Gasteiger partial charge >= 0.3 is 5.97 Å². The highest BCUT2D eigenvalue weighted by Crippen LogP contribution is 2.16. The van der Waals surface area contributed by atoms with E-state index >= 15 is 0 Å². The van der Waals surface area contributed by atoms with Crippen molar-refractivity contribution in [3.05, 3.63) is 29.8 Å². The first-order valence-electron chi connectivity index (χ1n) is 6.51. The maximum Gasteiger partial charge on any atom is 0.305 e. The van der Waals surface area contributed by atoms with Crippen LogP contribution in [-0.2, 0) is 14.6 Å². The van der Waals surface area contributed by atoms with Crippen molar-refractivity contribution in [1.29, 1.82) is 0 Å². The lowest BCUT2D eigenvalue weighted by atomic mass is 10.2. The summed E-state index contributed by atoms with van der Waals surface area (Å²) in [5.74, 6) is -1.43. The predicted molar refractivity (Wildman–Crippen MR) is 77.9 cm³/mol. The third-order valence-electron chi connectivity index (χ3n) is 2.92. The van der Waals surface area contributed by atoms with Crippen LogP contribution < -0.4 is 5.32 Å². The highest BCUT2D eigenvalue weighted by Gasteiger charge is 2.19. The van der Waals surface area contributed by atoms with Gasteiger partial charge in [-0.05, 0) is 45.0 Å². The van der Waals surface area contributed by atoms with Crippen molar-refractivity contribution in [1.82, 2.24) is 5.32 Å². The van der Waals surface area contributed by atoms with Gasteiger partial charge < -0.3 is 10.4 Å². The van der Waals surface area contributed by atoms with Crippen LogP contribution in [0.4, 0.5) is 0 Å². The summed E-state index contributed by atoms with van der Waals surface area (Å²) in [7, 11) is -3.37. The van der Waals surface area contributed by atoms with Gasteiger partial charge in [-0.3, -0.25) is 9.59 Å². The molecule has 0 radical (unpaired) electrons. The monoisotopic (exact) mass is 313 g/mol. The number of carboxylic acid groups (broad SMARTS) is 1. The minimum Gasteiger partial charge on any atom is -0.481 e. The third-order valence-corrected chi connectivity index (χ3v) is 5.09. The zero-order valence-corrected chi connectivity index (χ0v) is 13.0. The standard InChI is InChI=1S/C14H19NO5S/c1-9(2)21(19,20)12-6-4-11(5-7-12)14(18)15-10(3)8-13(16)17/h4-7,9-10H,8H2,1-3H3,(H,15,18)(H,16,17). The number of hydrogen-bond acceptors (Lipinski definition) is 4. The lowest BCUT2D eigenvalue weighted by Crippen LogP contribution is -2.34. The van der Waals surface area contributed by atoms with Crippen molar-refractivity contribution >= 4 is 21.7 Å². The number of carbonyl (C=O) groups excluding carboxylic acids is 1.